The van der Waals surface area contributed by atoms with Crippen LogP contribution in [0.4, 0.5) is 4.39 Å². The minimum Gasteiger partial charge on any atom is -0.316 e. The van der Waals surface area contributed by atoms with Gasteiger partial charge in [0.15, 0.2) is 0 Å². The summed E-state index contributed by atoms with van der Waals surface area (Å²) in [5.41, 5.74) is 0.790. The topological polar surface area (TPSA) is 12.0 Å². The normalized spacial score (nSPS) is 23.7. The summed E-state index contributed by atoms with van der Waals surface area (Å²) in [6.45, 7) is 1.83. The van der Waals surface area contributed by atoms with Crippen LogP contribution in [0.25, 0.3) is 0 Å². The second-order valence-electron chi connectivity index (χ2n) is 4.06. The Morgan fingerprint density at radius 3 is 3.00 bits per heavy atom. The van der Waals surface area contributed by atoms with Gasteiger partial charge in [-0.3, -0.25) is 0 Å². The van der Waals surface area contributed by atoms with Crippen LogP contribution in [-0.2, 0) is 0 Å². The molecular formula is C12H15BrFN. The highest BCUT2D eigenvalue weighted by molar-refractivity contribution is 9.10. The number of alkyl halides is 1. The van der Waals surface area contributed by atoms with Crippen LogP contribution in [0.5, 0.6) is 0 Å². The van der Waals surface area contributed by atoms with E-state index in [9.17, 15) is 4.39 Å². The molecule has 82 valence electrons. The molecule has 0 aliphatic carbocycles. The quantitative estimate of drug-likeness (QED) is 0.869. The molecule has 1 aliphatic rings. The molecule has 1 heterocycles. The number of rotatable bonds is 2. The molecule has 2 unspecified atom stereocenters. The van der Waals surface area contributed by atoms with Crippen molar-refractivity contribution in [1.82, 2.24) is 5.32 Å². The lowest BCUT2D eigenvalue weighted by Gasteiger charge is -2.26. The summed E-state index contributed by atoms with van der Waals surface area (Å²) < 4.78 is 15.1. The van der Waals surface area contributed by atoms with Crippen molar-refractivity contribution in [2.75, 3.05) is 13.1 Å². The van der Waals surface area contributed by atoms with E-state index in [1.165, 1.54) is 0 Å². The van der Waals surface area contributed by atoms with Gasteiger partial charge in [-0.05, 0) is 37.1 Å². The molecule has 1 N–H and O–H groups in total. The van der Waals surface area contributed by atoms with Crippen molar-refractivity contribution in [3.05, 3.63) is 34.3 Å². The lowest BCUT2D eigenvalue weighted by Crippen LogP contribution is -2.32. The molecule has 1 aromatic rings. The van der Waals surface area contributed by atoms with Gasteiger partial charge in [-0.1, -0.05) is 28.1 Å². The van der Waals surface area contributed by atoms with E-state index in [4.69, 9.17) is 0 Å². The predicted octanol–water partition coefficient (Wildman–Crippen LogP) is 3.46. The molecule has 0 radical (unpaired) electrons. The Hall–Kier alpha value is -0.410. The van der Waals surface area contributed by atoms with Crippen LogP contribution < -0.4 is 5.32 Å². The Bertz CT molecular complexity index is 323. The van der Waals surface area contributed by atoms with Crippen LogP contribution >= 0.6 is 15.9 Å². The molecule has 2 atom stereocenters. The van der Waals surface area contributed by atoms with Gasteiger partial charge in [-0.15, -0.1) is 0 Å². The Morgan fingerprint density at radius 2 is 2.33 bits per heavy atom. The molecule has 1 nitrogen and oxygen atoms in total. The van der Waals surface area contributed by atoms with Crippen LogP contribution in [0.15, 0.2) is 28.7 Å². The van der Waals surface area contributed by atoms with Gasteiger partial charge < -0.3 is 5.32 Å². The van der Waals surface area contributed by atoms with Crippen LogP contribution in [0.2, 0.25) is 0 Å². The summed E-state index contributed by atoms with van der Waals surface area (Å²) in [6, 6.07) is 7.56. The third-order valence-electron chi connectivity index (χ3n) is 2.92. The molecular weight excluding hydrogens is 257 g/mol. The number of halogens is 2. The maximum Gasteiger partial charge on any atom is 0.129 e. The van der Waals surface area contributed by atoms with Crippen molar-refractivity contribution < 1.29 is 4.39 Å². The summed E-state index contributed by atoms with van der Waals surface area (Å²) in [5.74, 6) is 0.132. The third-order valence-corrected chi connectivity index (χ3v) is 3.41. The van der Waals surface area contributed by atoms with Gasteiger partial charge in [0.05, 0.1) is 0 Å². The molecule has 0 saturated carbocycles. The summed E-state index contributed by atoms with van der Waals surface area (Å²) in [4.78, 5) is 0. The van der Waals surface area contributed by atoms with Crippen molar-refractivity contribution in [3.8, 4) is 0 Å². The first-order valence-electron chi connectivity index (χ1n) is 5.37. The number of hydrogen-bond donors (Lipinski definition) is 1. The first-order valence-corrected chi connectivity index (χ1v) is 6.17. The molecule has 0 bridgehead atoms. The third kappa shape index (κ3) is 2.79. The standard InChI is InChI=1S/C12H15BrFN/c13-11-5-1-3-9(7-11)12(14)10-4-2-6-15-8-10/h1,3,5,7,10,12,15H,2,4,6,8H2. The molecule has 15 heavy (non-hydrogen) atoms. The second kappa shape index (κ2) is 5.08. The largest absolute Gasteiger partial charge is 0.316 e. The predicted molar refractivity (Wildman–Crippen MR) is 63.6 cm³/mol. The fourth-order valence-electron chi connectivity index (χ4n) is 2.08. The van der Waals surface area contributed by atoms with Crippen LogP contribution in [0.3, 0.4) is 0 Å². The molecule has 3 heteroatoms. The Kier molecular flexibility index (Phi) is 3.76. The number of nitrogens with one attached hydrogen (secondary N) is 1. The van der Waals surface area contributed by atoms with E-state index in [1.807, 2.05) is 24.3 Å². The average molecular weight is 272 g/mol. The molecule has 1 fully saturated rings. The Morgan fingerprint density at radius 1 is 1.47 bits per heavy atom. The first-order chi connectivity index (χ1) is 7.27. The van der Waals surface area contributed by atoms with Crippen molar-refractivity contribution in [2.24, 2.45) is 5.92 Å². The fourth-order valence-corrected chi connectivity index (χ4v) is 2.50. The molecule has 0 spiro atoms. The van der Waals surface area contributed by atoms with Crippen molar-refractivity contribution in [2.45, 2.75) is 19.0 Å². The first kappa shape index (κ1) is 11.1. The summed E-state index contributed by atoms with van der Waals surface area (Å²) >= 11 is 3.37. The highest BCUT2D eigenvalue weighted by atomic mass is 79.9. The zero-order chi connectivity index (χ0) is 10.7. The monoisotopic (exact) mass is 271 g/mol. The summed E-state index contributed by atoms with van der Waals surface area (Å²) in [7, 11) is 0. The van der Waals surface area contributed by atoms with Gasteiger partial charge in [0.25, 0.3) is 0 Å². The highest BCUT2D eigenvalue weighted by Gasteiger charge is 2.24. The Balaban J connectivity index is 2.08. The minimum atomic E-state index is -0.838. The van der Waals surface area contributed by atoms with Crippen molar-refractivity contribution in [3.63, 3.8) is 0 Å². The van der Waals surface area contributed by atoms with Gasteiger partial charge in [0, 0.05) is 16.9 Å². The summed E-state index contributed by atoms with van der Waals surface area (Å²) in [5, 5.41) is 3.25. The van der Waals surface area contributed by atoms with E-state index < -0.39 is 6.17 Å². The van der Waals surface area contributed by atoms with Crippen molar-refractivity contribution >= 4 is 15.9 Å². The van der Waals surface area contributed by atoms with Crippen LogP contribution in [0, 0.1) is 5.92 Å². The zero-order valence-corrected chi connectivity index (χ0v) is 10.1. The Labute approximate surface area is 98.2 Å². The lowest BCUT2D eigenvalue weighted by molar-refractivity contribution is 0.194. The molecule has 2 rings (SSSR count). The van der Waals surface area contributed by atoms with Crippen LogP contribution in [0.1, 0.15) is 24.6 Å². The van der Waals surface area contributed by atoms with E-state index in [0.29, 0.717) is 0 Å². The fraction of sp³-hybridized carbons (Fsp3) is 0.500. The van der Waals surface area contributed by atoms with Crippen LogP contribution in [-0.4, -0.2) is 13.1 Å². The SMILES string of the molecule is FC(c1cccc(Br)c1)C1CCCNC1. The van der Waals surface area contributed by atoms with Gasteiger partial charge >= 0.3 is 0 Å². The molecule has 1 aliphatic heterocycles. The van der Waals surface area contributed by atoms with E-state index in [-0.39, 0.29) is 5.92 Å². The average Bonchev–Trinajstić information content (AvgIpc) is 2.29. The summed E-state index contributed by atoms with van der Waals surface area (Å²) in [6.07, 6.45) is 1.23. The molecule has 0 amide bonds. The van der Waals surface area contributed by atoms with E-state index in [2.05, 4.69) is 21.2 Å². The smallest absolute Gasteiger partial charge is 0.129 e. The second-order valence-corrected chi connectivity index (χ2v) is 4.98. The number of hydrogen-bond acceptors (Lipinski definition) is 1. The van der Waals surface area contributed by atoms with Gasteiger partial charge in [0.2, 0.25) is 0 Å². The van der Waals surface area contributed by atoms with Crippen molar-refractivity contribution in [1.29, 1.82) is 0 Å². The highest BCUT2D eigenvalue weighted by Crippen LogP contribution is 2.31. The minimum absolute atomic E-state index is 0.132. The van der Waals surface area contributed by atoms with E-state index in [1.54, 1.807) is 0 Å². The van der Waals surface area contributed by atoms with Gasteiger partial charge in [0.1, 0.15) is 6.17 Å². The zero-order valence-electron chi connectivity index (χ0n) is 8.55. The van der Waals surface area contributed by atoms with Gasteiger partial charge in [-0.25, -0.2) is 4.39 Å². The number of piperidine rings is 1. The molecule has 1 aromatic carbocycles. The molecule has 1 saturated heterocycles. The van der Waals surface area contributed by atoms with E-state index >= 15 is 0 Å². The number of benzene rings is 1. The molecule has 0 aromatic heterocycles. The maximum absolute atomic E-state index is 14.1. The lowest BCUT2D eigenvalue weighted by atomic mass is 9.90. The van der Waals surface area contributed by atoms with E-state index in [0.717, 1.165) is 36.0 Å². The van der Waals surface area contributed by atoms with Gasteiger partial charge in [-0.2, -0.15) is 0 Å². The maximum atomic E-state index is 14.1.